The average Bonchev–Trinajstić information content (AvgIpc) is 1.65. The fraction of sp³-hybridized carbons (Fsp3) is 0.167. The fourth-order valence-corrected chi connectivity index (χ4v) is 0.0722. The zero-order valence-electron chi connectivity index (χ0n) is 3.99. The van der Waals surface area contributed by atoms with Gasteiger partial charge in [0.25, 0.3) is 0 Å². The molecule has 0 aromatic heterocycles. The standard InChI is InChI=1S/C6H8/c1-4-6(3)5-2/h4H,1-2H2,3H3. The molecule has 0 unspecified atom stereocenters. The van der Waals surface area contributed by atoms with Crippen LogP contribution in [0.1, 0.15) is 6.92 Å². The molecule has 0 aromatic rings. The van der Waals surface area contributed by atoms with Crippen LogP contribution in [-0.2, 0) is 0 Å². The van der Waals surface area contributed by atoms with Crippen LogP contribution in [0.3, 0.4) is 0 Å². The van der Waals surface area contributed by atoms with Crippen molar-refractivity contribution in [3.63, 3.8) is 0 Å². The van der Waals surface area contributed by atoms with Crippen molar-refractivity contribution in [3.05, 3.63) is 30.5 Å². The summed E-state index contributed by atoms with van der Waals surface area (Å²) >= 11 is 0. The molecule has 32 valence electrons. The summed E-state index contributed by atoms with van der Waals surface area (Å²) in [6, 6.07) is 0. The Morgan fingerprint density at radius 3 is 2.33 bits per heavy atom. The van der Waals surface area contributed by atoms with E-state index in [1.807, 2.05) is 6.92 Å². The summed E-state index contributed by atoms with van der Waals surface area (Å²) in [4.78, 5) is 0. The van der Waals surface area contributed by atoms with E-state index in [0.29, 0.717) is 0 Å². The molecule has 0 aromatic carbocycles. The second-order valence-corrected chi connectivity index (χ2v) is 1.06. The second-order valence-electron chi connectivity index (χ2n) is 1.06. The van der Waals surface area contributed by atoms with Gasteiger partial charge in [0.2, 0.25) is 0 Å². The van der Waals surface area contributed by atoms with Crippen LogP contribution in [-0.4, -0.2) is 0 Å². The predicted octanol–water partition coefficient (Wildman–Crippen LogP) is 1.90. The smallest absolute Gasteiger partial charge is 0.0104 e. The maximum Gasteiger partial charge on any atom is -0.0104 e. The summed E-state index contributed by atoms with van der Waals surface area (Å²) in [5.41, 5.74) is 3.66. The minimum Gasteiger partial charge on any atom is -0.126 e. The Labute approximate surface area is 38.5 Å². The molecule has 0 heterocycles. The normalized spacial score (nSPS) is 6.17. The van der Waals surface area contributed by atoms with E-state index in [-0.39, 0.29) is 0 Å². The maximum absolute atomic E-state index is 3.49. The topological polar surface area (TPSA) is 0 Å². The van der Waals surface area contributed by atoms with Crippen molar-refractivity contribution in [2.45, 2.75) is 6.92 Å². The molecule has 0 atom stereocenters. The second kappa shape index (κ2) is 2.49. The van der Waals surface area contributed by atoms with Crippen LogP contribution in [0.5, 0.6) is 0 Å². The molecule has 0 saturated heterocycles. The molecule has 0 saturated carbocycles. The van der Waals surface area contributed by atoms with Crippen molar-refractivity contribution < 1.29 is 0 Å². The number of hydrogen-bond donors (Lipinski definition) is 0. The zero-order valence-corrected chi connectivity index (χ0v) is 3.99. The highest BCUT2D eigenvalue weighted by atomic mass is 13.7. The van der Waals surface area contributed by atoms with E-state index in [0.717, 1.165) is 5.57 Å². The van der Waals surface area contributed by atoms with E-state index in [1.165, 1.54) is 0 Å². The van der Waals surface area contributed by atoms with E-state index >= 15 is 0 Å². The third-order valence-electron chi connectivity index (χ3n) is 0.585. The van der Waals surface area contributed by atoms with E-state index in [2.05, 4.69) is 18.9 Å². The summed E-state index contributed by atoms with van der Waals surface area (Å²) in [6.07, 6.45) is 1.72. The monoisotopic (exact) mass is 80.1 g/mol. The average molecular weight is 80.1 g/mol. The van der Waals surface area contributed by atoms with Crippen molar-refractivity contribution in [2.24, 2.45) is 0 Å². The first kappa shape index (κ1) is 5.26. The van der Waals surface area contributed by atoms with Crippen molar-refractivity contribution in [1.82, 2.24) is 0 Å². The third kappa shape index (κ3) is 1.57. The highest BCUT2D eigenvalue weighted by Crippen LogP contribution is 1.84. The van der Waals surface area contributed by atoms with Gasteiger partial charge in [-0.25, -0.2) is 0 Å². The first-order chi connectivity index (χ1) is 2.81. The summed E-state index contributed by atoms with van der Waals surface area (Å²) in [7, 11) is 0. The Bertz CT molecular complexity index is 92.6. The summed E-state index contributed by atoms with van der Waals surface area (Å²) < 4.78 is 0. The number of hydrogen-bond acceptors (Lipinski definition) is 0. The Hall–Kier alpha value is -0.740. The lowest BCUT2D eigenvalue weighted by Gasteiger charge is -1.72. The van der Waals surface area contributed by atoms with Crippen molar-refractivity contribution in [2.75, 3.05) is 0 Å². The number of rotatable bonds is 1. The Morgan fingerprint density at radius 2 is 2.33 bits per heavy atom. The summed E-state index contributed by atoms with van der Waals surface area (Å²) in [5, 5.41) is 0. The van der Waals surface area contributed by atoms with E-state index in [4.69, 9.17) is 0 Å². The molecule has 0 spiro atoms. The van der Waals surface area contributed by atoms with Crippen molar-refractivity contribution in [3.8, 4) is 0 Å². The molecule has 0 aliphatic heterocycles. The van der Waals surface area contributed by atoms with Gasteiger partial charge in [-0.3, -0.25) is 0 Å². The molecule has 0 rings (SSSR count). The Morgan fingerprint density at radius 1 is 1.83 bits per heavy atom. The molecule has 0 aliphatic carbocycles. The lowest BCUT2D eigenvalue weighted by Crippen LogP contribution is -1.53. The van der Waals surface area contributed by atoms with Gasteiger partial charge in [0, 0.05) is 0 Å². The summed E-state index contributed by atoms with van der Waals surface area (Å²) in [5.74, 6) is 0. The molecule has 0 amide bonds. The molecule has 0 radical (unpaired) electrons. The SMILES string of the molecule is C=C=C(C)C=C. The lowest BCUT2D eigenvalue weighted by atomic mass is 10.3. The third-order valence-corrected chi connectivity index (χ3v) is 0.585. The van der Waals surface area contributed by atoms with Gasteiger partial charge in [-0.15, -0.1) is 5.73 Å². The maximum atomic E-state index is 3.49. The first-order valence-electron chi connectivity index (χ1n) is 1.80. The van der Waals surface area contributed by atoms with E-state index < -0.39 is 0 Å². The van der Waals surface area contributed by atoms with Gasteiger partial charge in [-0.1, -0.05) is 19.2 Å². The van der Waals surface area contributed by atoms with Crippen LogP contribution in [0, 0.1) is 0 Å². The molecule has 0 bridgehead atoms. The Balaban J connectivity index is 3.86. The quantitative estimate of drug-likeness (QED) is 0.333. The number of allylic oxidation sites excluding steroid dienone is 2. The van der Waals surface area contributed by atoms with E-state index in [1.54, 1.807) is 6.08 Å². The van der Waals surface area contributed by atoms with E-state index in [9.17, 15) is 0 Å². The molecular formula is C6H8. The molecule has 0 N–H and O–H groups in total. The van der Waals surface area contributed by atoms with Gasteiger partial charge in [-0.2, -0.15) is 0 Å². The van der Waals surface area contributed by atoms with Gasteiger partial charge in [0.15, 0.2) is 0 Å². The molecule has 0 fully saturated rings. The summed E-state index contributed by atoms with van der Waals surface area (Å²) in [6.45, 7) is 8.79. The van der Waals surface area contributed by atoms with Gasteiger partial charge in [0.05, 0.1) is 0 Å². The molecule has 6 heavy (non-hydrogen) atoms. The van der Waals surface area contributed by atoms with Crippen LogP contribution in [0.4, 0.5) is 0 Å². The highest BCUT2D eigenvalue weighted by molar-refractivity contribution is 5.09. The zero-order chi connectivity index (χ0) is 4.99. The van der Waals surface area contributed by atoms with Crippen molar-refractivity contribution in [1.29, 1.82) is 0 Å². The predicted molar refractivity (Wildman–Crippen MR) is 28.5 cm³/mol. The van der Waals surface area contributed by atoms with Crippen LogP contribution in [0.2, 0.25) is 0 Å². The Kier molecular flexibility index (Phi) is 2.19. The van der Waals surface area contributed by atoms with Gasteiger partial charge >= 0.3 is 0 Å². The van der Waals surface area contributed by atoms with Gasteiger partial charge in [0.1, 0.15) is 0 Å². The highest BCUT2D eigenvalue weighted by Gasteiger charge is 1.64. The lowest BCUT2D eigenvalue weighted by molar-refractivity contribution is 1.56. The van der Waals surface area contributed by atoms with Gasteiger partial charge < -0.3 is 0 Å². The molecule has 0 heteroatoms. The first-order valence-corrected chi connectivity index (χ1v) is 1.80. The van der Waals surface area contributed by atoms with Crippen LogP contribution in [0.25, 0.3) is 0 Å². The van der Waals surface area contributed by atoms with Crippen molar-refractivity contribution >= 4 is 0 Å². The fourth-order valence-electron chi connectivity index (χ4n) is 0.0722. The largest absolute Gasteiger partial charge is 0.126 e. The van der Waals surface area contributed by atoms with Gasteiger partial charge in [-0.05, 0) is 12.5 Å². The van der Waals surface area contributed by atoms with Crippen LogP contribution < -0.4 is 0 Å². The van der Waals surface area contributed by atoms with Crippen LogP contribution in [0.15, 0.2) is 30.5 Å². The van der Waals surface area contributed by atoms with Crippen LogP contribution >= 0.6 is 0 Å². The molecular weight excluding hydrogens is 72.1 g/mol. The minimum absolute atomic E-state index is 0.995. The molecule has 0 aliphatic rings. The molecule has 0 nitrogen and oxygen atoms in total. The minimum atomic E-state index is 0.995.